The van der Waals surface area contributed by atoms with Crippen LogP contribution >= 0.6 is 0 Å². The number of pyridine rings is 1. The minimum atomic E-state index is -0.435. The fraction of sp³-hybridized carbons (Fsp3) is 0.360. The number of rotatable bonds is 7. The molecule has 9 heteroatoms. The van der Waals surface area contributed by atoms with Crippen LogP contribution in [-0.2, 0) is 0 Å². The number of nitrogens with zero attached hydrogens (tertiary/aromatic N) is 5. The summed E-state index contributed by atoms with van der Waals surface area (Å²) in [6.07, 6.45) is 4.76. The summed E-state index contributed by atoms with van der Waals surface area (Å²) < 4.78 is 6.02. The summed E-state index contributed by atoms with van der Waals surface area (Å²) in [5, 5.41) is 2.75. The summed E-state index contributed by atoms with van der Waals surface area (Å²) >= 11 is 0. The molecule has 2 aromatic heterocycles. The fourth-order valence-electron chi connectivity index (χ4n) is 4.13. The predicted molar refractivity (Wildman–Crippen MR) is 133 cm³/mol. The van der Waals surface area contributed by atoms with E-state index in [4.69, 9.17) is 10.5 Å². The number of aromatic nitrogens is 3. The highest BCUT2D eigenvalue weighted by Crippen LogP contribution is 2.26. The number of piperazine rings is 1. The molecular formula is C25H31N7O2. The van der Waals surface area contributed by atoms with Crippen LogP contribution in [0.1, 0.15) is 23.0 Å². The number of aryl methyl sites for hydroxylation is 1. The first-order valence-corrected chi connectivity index (χ1v) is 11.4. The lowest BCUT2D eigenvalue weighted by atomic mass is 10.1. The van der Waals surface area contributed by atoms with Crippen LogP contribution in [0.5, 0.6) is 5.75 Å². The molecule has 1 aromatic carbocycles. The van der Waals surface area contributed by atoms with Crippen LogP contribution in [0.15, 0.2) is 48.9 Å². The second-order valence-electron chi connectivity index (χ2n) is 8.66. The molecule has 1 saturated heterocycles. The van der Waals surface area contributed by atoms with Crippen LogP contribution in [-0.4, -0.2) is 76.5 Å². The fourth-order valence-corrected chi connectivity index (χ4v) is 4.13. The van der Waals surface area contributed by atoms with Crippen molar-refractivity contribution in [3.8, 4) is 17.0 Å². The summed E-state index contributed by atoms with van der Waals surface area (Å²) in [6, 6.07) is 9.84. The maximum atomic E-state index is 12.7. The number of amides is 1. The van der Waals surface area contributed by atoms with E-state index in [1.807, 2.05) is 25.1 Å². The number of hydrogen-bond donors (Lipinski definition) is 2. The van der Waals surface area contributed by atoms with E-state index in [1.54, 1.807) is 30.7 Å². The van der Waals surface area contributed by atoms with Crippen molar-refractivity contribution < 1.29 is 9.53 Å². The molecule has 1 amide bonds. The predicted octanol–water partition coefficient (Wildman–Crippen LogP) is 2.70. The summed E-state index contributed by atoms with van der Waals surface area (Å²) in [5.41, 5.74) is 8.98. The largest absolute Gasteiger partial charge is 0.492 e. The van der Waals surface area contributed by atoms with Crippen molar-refractivity contribution in [2.24, 2.45) is 0 Å². The van der Waals surface area contributed by atoms with Gasteiger partial charge in [0.05, 0.1) is 23.8 Å². The van der Waals surface area contributed by atoms with E-state index in [-0.39, 0.29) is 11.5 Å². The molecule has 0 bridgehead atoms. The van der Waals surface area contributed by atoms with E-state index in [0.717, 1.165) is 43.1 Å². The molecule has 1 aliphatic rings. The Balaban J connectivity index is 1.42. The highest BCUT2D eigenvalue weighted by molar-refractivity contribution is 6.05. The molecule has 1 aliphatic heterocycles. The molecule has 0 spiro atoms. The molecular weight excluding hydrogens is 430 g/mol. The van der Waals surface area contributed by atoms with Gasteiger partial charge in [0.1, 0.15) is 12.4 Å². The Morgan fingerprint density at radius 1 is 1.26 bits per heavy atom. The number of anilines is 2. The van der Waals surface area contributed by atoms with Gasteiger partial charge >= 0.3 is 0 Å². The lowest BCUT2D eigenvalue weighted by Gasteiger charge is -2.38. The van der Waals surface area contributed by atoms with Gasteiger partial charge in [-0.05, 0) is 56.8 Å². The summed E-state index contributed by atoms with van der Waals surface area (Å²) in [4.78, 5) is 30.2. The van der Waals surface area contributed by atoms with Gasteiger partial charge in [0.15, 0.2) is 11.5 Å². The van der Waals surface area contributed by atoms with Gasteiger partial charge in [-0.3, -0.25) is 14.7 Å². The Hall–Kier alpha value is -3.56. The Kier molecular flexibility index (Phi) is 7.34. The van der Waals surface area contributed by atoms with Crippen LogP contribution in [0.4, 0.5) is 11.5 Å². The van der Waals surface area contributed by atoms with E-state index in [1.165, 1.54) is 0 Å². The summed E-state index contributed by atoms with van der Waals surface area (Å²) in [5.74, 6) is 0.442. The highest BCUT2D eigenvalue weighted by Gasteiger charge is 2.21. The molecule has 0 aliphatic carbocycles. The first-order chi connectivity index (χ1) is 16.4. The second kappa shape index (κ2) is 10.6. The van der Waals surface area contributed by atoms with Gasteiger partial charge in [-0.25, -0.2) is 9.97 Å². The van der Waals surface area contributed by atoms with Crippen LogP contribution in [0.25, 0.3) is 11.3 Å². The number of nitrogen functional groups attached to an aromatic ring is 1. The molecule has 1 atom stereocenters. The van der Waals surface area contributed by atoms with Gasteiger partial charge in [0, 0.05) is 44.0 Å². The molecule has 3 aromatic rings. The van der Waals surface area contributed by atoms with Crippen molar-refractivity contribution >= 4 is 17.4 Å². The molecule has 4 rings (SSSR count). The maximum absolute atomic E-state index is 12.7. The first-order valence-electron chi connectivity index (χ1n) is 11.4. The lowest BCUT2D eigenvalue weighted by molar-refractivity contribution is 0.0858. The van der Waals surface area contributed by atoms with Crippen LogP contribution in [0.3, 0.4) is 0 Å². The Labute approximate surface area is 200 Å². The Morgan fingerprint density at radius 2 is 2.12 bits per heavy atom. The van der Waals surface area contributed by atoms with E-state index in [0.29, 0.717) is 24.0 Å². The van der Waals surface area contributed by atoms with Gasteiger partial charge in [0.25, 0.3) is 5.91 Å². The van der Waals surface area contributed by atoms with Crippen LogP contribution in [0, 0.1) is 6.92 Å². The van der Waals surface area contributed by atoms with Crippen molar-refractivity contribution in [3.05, 3.63) is 60.2 Å². The molecule has 34 heavy (non-hydrogen) atoms. The molecule has 1 unspecified atom stereocenters. The maximum Gasteiger partial charge on any atom is 0.278 e. The number of hydrogen-bond acceptors (Lipinski definition) is 8. The average molecular weight is 462 g/mol. The smallest absolute Gasteiger partial charge is 0.278 e. The SMILES string of the molecule is Cc1cc(OCCN2CCN(C)CC2C)ccc1-c1cnc(N)c(C(=O)Nc2cccnc2)n1. The van der Waals surface area contributed by atoms with Crippen molar-refractivity contribution in [3.63, 3.8) is 0 Å². The van der Waals surface area contributed by atoms with Crippen molar-refractivity contribution in [1.82, 2.24) is 24.8 Å². The number of carbonyl (C=O) groups excluding carboxylic acids is 1. The van der Waals surface area contributed by atoms with E-state index < -0.39 is 5.91 Å². The number of nitrogens with two attached hydrogens (primary N) is 1. The molecule has 0 radical (unpaired) electrons. The molecule has 9 nitrogen and oxygen atoms in total. The summed E-state index contributed by atoms with van der Waals surface area (Å²) in [7, 11) is 2.16. The molecule has 178 valence electrons. The van der Waals surface area contributed by atoms with Gasteiger partial charge in [-0.2, -0.15) is 0 Å². The monoisotopic (exact) mass is 461 g/mol. The van der Waals surface area contributed by atoms with Gasteiger partial charge < -0.3 is 20.7 Å². The Morgan fingerprint density at radius 3 is 2.85 bits per heavy atom. The molecule has 1 fully saturated rings. The highest BCUT2D eigenvalue weighted by atomic mass is 16.5. The van der Waals surface area contributed by atoms with Crippen molar-refractivity contribution in [1.29, 1.82) is 0 Å². The average Bonchev–Trinajstić information content (AvgIpc) is 2.82. The third-order valence-electron chi connectivity index (χ3n) is 6.02. The summed E-state index contributed by atoms with van der Waals surface area (Å²) in [6.45, 7) is 9.00. The van der Waals surface area contributed by atoms with Gasteiger partial charge in [-0.1, -0.05) is 0 Å². The zero-order chi connectivity index (χ0) is 24.1. The van der Waals surface area contributed by atoms with Crippen molar-refractivity contribution in [2.75, 3.05) is 50.9 Å². The zero-order valence-corrected chi connectivity index (χ0v) is 19.9. The number of carbonyl (C=O) groups is 1. The quantitative estimate of drug-likeness (QED) is 0.553. The second-order valence-corrected chi connectivity index (χ2v) is 8.66. The van der Waals surface area contributed by atoms with Gasteiger partial charge in [0.2, 0.25) is 0 Å². The van der Waals surface area contributed by atoms with E-state index >= 15 is 0 Å². The topological polar surface area (TPSA) is 110 Å². The number of ether oxygens (including phenoxy) is 1. The van der Waals surface area contributed by atoms with E-state index in [9.17, 15) is 4.79 Å². The lowest BCUT2D eigenvalue weighted by Crippen LogP contribution is -2.51. The third kappa shape index (κ3) is 5.67. The normalized spacial score (nSPS) is 16.9. The molecule has 3 heterocycles. The molecule has 0 saturated carbocycles. The number of nitrogens with one attached hydrogen (secondary N) is 1. The minimum Gasteiger partial charge on any atom is -0.492 e. The Bertz CT molecular complexity index is 1140. The van der Waals surface area contributed by atoms with E-state index in [2.05, 4.69) is 44.0 Å². The first kappa shape index (κ1) is 23.6. The third-order valence-corrected chi connectivity index (χ3v) is 6.02. The zero-order valence-electron chi connectivity index (χ0n) is 19.9. The number of benzene rings is 1. The standard InChI is InChI=1S/C25H31N7O2/c1-17-13-20(34-12-11-32-10-9-31(3)16-18(32)2)6-7-21(17)22-15-28-24(26)23(30-22)25(33)29-19-5-4-8-27-14-19/h4-8,13-15,18H,9-12,16H2,1-3H3,(H2,26,28)(H,29,33). The van der Waals surface area contributed by atoms with Gasteiger partial charge in [-0.15, -0.1) is 0 Å². The molecule has 3 N–H and O–H groups in total. The number of likely N-dealkylation sites (N-methyl/N-ethyl adjacent to an activating group) is 1. The minimum absolute atomic E-state index is 0.0703. The van der Waals surface area contributed by atoms with Crippen molar-refractivity contribution in [2.45, 2.75) is 19.9 Å². The van der Waals surface area contributed by atoms with Crippen LogP contribution < -0.4 is 15.8 Å². The van der Waals surface area contributed by atoms with Crippen LogP contribution in [0.2, 0.25) is 0 Å².